The molecule has 120 valence electrons. The number of nitrogens with one attached hydrogen (secondary N) is 2. The topological polar surface area (TPSA) is 76.7 Å². The zero-order valence-electron chi connectivity index (χ0n) is 13.0. The van der Waals surface area contributed by atoms with Gasteiger partial charge in [-0.05, 0) is 38.0 Å². The second-order valence-electron chi connectivity index (χ2n) is 5.22. The van der Waals surface area contributed by atoms with Gasteiger partial charge >= 0.3 is 0 Å². The lowest BCUT2D eigenvalue weighted by molar-refractivity contribution is -0.125. The number of methoxy groups -OCH3 is 1. The molecule has 2 amide bonds. The quantitative estimate of drug-likeness (QED) is 0.816. The first-order valence-electron chi connectivity index (χ1n) is 7.56. The molecule has 6 heteroatoms. The van der Waals surface area contributed by atoms with E-state index >= 15 is 0 Å². The summed E-state index contributed by atoms with van der Waals surface area (Å²) in [5, 5.41) is 0. The van der Waals surface area contributed by atoms with Crippen molar-refractivity contribution in [1.82, 2.24) is 10.9 Å². The summed E-state index contributed by atoms with van der Waals surface area (Å²) in [4.78, 5) is 24.0. The largest absolute Gasteiger partial charge is 0.493 e. The number of amides is 2. The number of hydrazine groups is 1. The summed E-state index contributed by atoms with van der Waals surface area (Å²) >= 11 is 0. The van der Waals surface area contributed by atoms with Crippen LogP contribution < -0.4 is 20.3 Å². The van der Waals surface area contributed by atoms with Crippen LogP contribution in [0, 0.1) is 5.92 Å². The van der Waals surface area contributed by atoms with Crippen LogP contribution in [0.4, 0.5) is 0 Å². The van der Waals surface area contributed by atoms with E-state index in [0.29, 0.717) is 23.7 Å². The van der Waals surface area contributed by atoms with Crippen LogP contribution >= 0.6 is 0 Å². The van der Waals surface area contributed by atoms with E-state index in [0.717, 1.165) is 25.7 Å². The van der Waals surface area contributed by atoms with E-state index < -0.39 is 0 Å². The molecule has 1 aromatic rings. The maximum Gasteiger partial charge on any atom is 0.269 e. The van der Waals surface area contributed by atoms with Crippen molar-refractivity contribution < 1.29 is 19.1 Å². The molecule has 0 radical (unpaired) electrons. The molecule has 22 heavy (non-hydrogen) atoms. The summed E-state index contributed by atoms with van der Waals surface area (Å²) in [5.41, 5.74) is 5.33. The lowest BCUT2D eigenvalue weighted by Crippen LogP contribution is -2.44. The number of carbonyl (C=O) groups excluding carboxylic acids is 2. The number of ether oxygens (including phenoxy) is 2. The second-order valence-corrected chi connectivity index (χ2v) is 5.22. The Kier molecular flexibility index (Phi) is 5.63. The first kappa shape index (κ1) is 16.1. The highest BCUT2D eigenvalue weighted by Gasteiger charge is 2.23. The Balaban J connectivity index is 1.95. The molecule has 0 unspecified atom stereocenters. The van der Waals surface area contributed by atoms with Crippen molar-refractivity contribution in [3.05, 3.63) is 23.8 Å². The maximum absolute atomic E-state index is 12.1. The van der Waals surface area contributed by atoms with Crippen molar-refractivity contribution in [2.24, 2.45) is 5.92 Å². The zero-order valence-corrected chi connectivity index (χ0v) is 13.0. The number of benzene rings is 1. The van der Waals surface area contributed by atoms with Crippen molar-refractivity contribution >= 4 is 11.8 Å². The van der Waals surface area contributed by atoms with E-state index in [1.165, 1.54) is 7.11 Å². The van der Waals surface area contributed by atoms with Gasteiger partial charge in [0.25, 0.3) is 5.91 Å². The van der Waals surface area contributed by atoms with Gasteiger partial charge < -0.3 is 9.47 Å². The molecule has 1 aliphatic carbocycles. The standard InChI is InChI=1S/C16H22N2O4/c1-3-22-13-9-8-12(10-14(13)21-2)16(20)18-17-15(19)11-6-4-5-7-11/h8-11H,3-7H2,1-2H3,(H,17,19)(H,18,20). The Morgan fingerprint density at radius 3 is 2.55 bits per heavy atom. The van der Waals surface area contributed by atoms with E-state index in [2.05, 4.69) is 10.9 Å². The molecular weight excluding hydrogens is 284 g/mol. The molecule has 0 spiro atoms. The molecule has 0 atom stereocenters. The summed E-state index contributed by atoms with van der Waals surface area (Å²) < 4.78 is 10.6. The molecule has 0 aliphatic heterocycles. The van der Waals surface area contributed by atoms with Crippen molar-refractivity contribution in [1.29, 1.82) is 0 Å². The lowest BCUT2D eigenvalue weighted by Gasteiger charge is -2.13. The zero-order chi connectivity index (χ0) is 15.9. The van der Waals surface area contributed by atoms with Crippen LogP contribution in [0.3, 0.4) is 0 Å². The van der Waals surface area contributed by atoms with Gasteiger partial charge in [0.15, 0.2) is 11.5 Å². The summed E-state index contributed by atoms with van der Waals surface area (Å²) in [6.45, 7) is 2.39. The van der Waals surface area contributed by atoms with Crippen LogP contribution in [0.2, 0.25) is 0 Å². The van der Waals surface area contributed by atoms with Gasteiger partial charge in [0, 0.05) is 11.5 Å². The van der Waals surface area contributed by atoms with E-state index in [4.69, 9.17) is 9.47 Å². The van der Waals surface area contributed by atoms with Gasteiger partial charge in [-0.1, -0.05) is 12.8 Å². The maximum atomic E-state index is 12.1. The molecule has 1 saturated carbocycles. The van der Waals surface area contributed by atoms with Crippen LogP contribution in [0.1, 0.15) is 43.0 Å². The highest BCUT2D eigenvalue weighted by atomic mass is 16.5. The molecule has 6 nitrogen and oxygen atoms in total. The van der Waals surface area contributed by atoms with Gasteiger partial charge in [0.1, 0.15) is 0 Å². The molecule has 2 rings (SSSR count). The number of rotatable bonds is 5. The van der Waals surface area contributed by atoms with E-state index in [1.54, 1.807) is 18.2 Å². The monoisotopic (exact) mass is 306 g/mol. The predicted molar refractivity (Wildman–Crippen MR) is 81.7 cm³/mol. The summed E-state index contributed by atoms with van der Waals surface area (Å²) in [6, 6.07) is 4.89. The van der Waals surface area contributed by atoms with Gasteiger partial charge in [-0.2, -0.15) is 0 Å². The Morgan fingerprint density at radius 1 is 1.18 bits per heavy atom. The molecule has 0 aromatic heterocycles. The SMILES string of the molecule is CCOc1ccc(C(=O)NNC(=O)C2CCCC2)cc1OC. The highest BCUT2D eigenvalue weighted by Crippen LogP contribution is 2.28. The molecule has 0 saturated heterocycles. The van der Waals surface area contributed by atoms with Gasteiger partial charge in [-0.25, -0.2) is 0 Å². The average Bonchev–Trinajstić information content (AvgIpc) is 3.07. The van der Waals surface area contributed by atoms with Gasteiger partial charge in [-0.15, -0.1) is 0 Å². The number of hydrogen-bond acceptors (Lipinski definition) is 4. The van der Waals surface area contributed by atoms with Crippen molar-refractivity contribution in [3.8, 4) is 11.5 Å². The van der Waals surface area contributed by atoms with Gasteiger partial charge in [0.05, 0.1) is 13.7 Å². The van der Waals surface area contributed by atoms with Crippen molar-refractivity contribution in [2.45, 2.75) is 32.6 Å². The molecule has 1 aliphatic rings. The molecule has 0 heterocycles. The fraction of sp³-hybridized carbons (Fsp3) is 0.500. The first-order chi connectivity index (χ1) is 10.7. The third-order valence-electron chi connectivity index (χ3n) is 3.75. The van der Waals surface area contributed by atoms with Crippen LogP contribution in [0.5, 0.6) is 11.5 Å². The van der Waals surface area contributed by atoms with E-state index in [9.17, 15) is 9.59 Å². The molecule has 1 fully saturated rings. The Morgan fingerprint density at radius 2 is 1.91 bits per heavy atom. The van der Waals surface area contributed by atoms with E-state index in [-0.39, 0.29) is 17.7 Å². The summed E-state index contributed by atoms with van der Waals surface area (Å²) in [7, 11) is 1.52. The lowest BCUT2D eigenvalue weighted by atomic mass is 10.1. The third kappa shape index (κ3) is 3.90. The minimum atomic E-state index is -0.382. The molecule has 0 bridgehead atoms. The van der Waals surface area contributed by atoms with Crippen molar-refractivity contribution in [3.63, 3.8) is 0 Å². The smallest absolute Gasteiger partial charge is 0.269 e. The predicted octanol–water partition coefficient (Wildman–Crippen LogP) is 2.05. The van der Waals surface area contributed by atoms with Crippen LogP contribution in [0.25, 0.3) is 0 Å². The van der Waals surface area contributed by atoms with Gasteiger partial charge in [0.2, 0.25) is 5.91 Å². The summed E-state index contributed by atoms with van der Waals surface area (Å²) in [5.74, 6) is 0.569. The second kappa shape index (κ2) is 7.68. The highest BCUT2D eigenvalue weighted by molar-refractivity contribution is 5.96. The van der Waals surface area contributed by atoms with Crippen LogP contribution in [-0.4, -0.2) is 25.5 Å². The number of carbonyl (C=O) groups is 2. The normalized spacial score (nSPS) is 14.5. The van der Waals surface area contributed by atoms with Crippen LogP contribution in [0.15, 0.2) is 18.2 Å². The molecular formula is C16H22N2O4. The third-order valence-corrected chi connectivity index (χ3v) is 3.75. The Bertz CT molecular complexity index is 539. The average molecular weight is 306 g/mol. The molecule has 1 aromatic carbocycles. The fourth-order valence-electron chi connectivity index (χ4n) is 2.56. The van der Waals surface area contributed by atoms with Crippen molar-refractivity contribution in [2.75, 3.05) is 13.7 Å². The fourth-order valence-corrected chi connectivity index (χ4v) is 2.56. The summed E-state index contributed by atoms with van der Waals surface area (Å²) in [6.07, 6.45) is 3.92. The Labute approximate surface area is 130 Å². The Hall–Kier alpha value is -2.24. The van der Waals surface area contributed by atoms with Crippen LogP contribution in [-0.2, 0) is 4.79 Å². The van der Waals surface area contributed by atoms with Gasteiger partial charge in [-0.3, -0.25) is 20.4 Å². The molecule has 2 N–H and O–H groups in total. The number of hydrogen-bond donors (Lipinski definition) is 2. The minimum absolute atomic E-state index is 0.00941. The van der Waals surface area contributed by atoms with E-state index in [1.807, 2.05) is 6.92 Å². The minimum Gasteiger partial charge on any atom is -0.493 e. The first-order valence-corrected chi connectivity index (χ1v) is 7.56.